The maximum atomic E-state index is 12.0. The fraction of sp³-hybridized carbons (Fsp3) is 0.765. The van der Waals surface area contributed by atoms with Gasteiger partial charge in [-0.05, 0) is 38.6 Å². The maximum absolute atomic E-state index is 12.0. The molecule has 0 aliphatic rings. The van der Waals surface area contributed by atoms with Crippen molar-refractivity contribution >= 4 is 23.7 Å². The molecule has 156 valence electrons. The van der Waals surface area contributed by atoms with Gasteiger partial charge in [0.2, 0.25) is 17.7 Å². The molecule has 0 heterocycles. The van der Waals surface area contributed by atoms with Crippen LogP contribution in [0.25, 0.3) is 0 Å². The van der Waals surface area contributed by atoms with Gasteiger partial charge in [0.1, 0.15) is 12.1 Å². The number of carboxylic acids is 1. The molecule has 0 bridgehead atoms. The average molecular weight is 387 g/mol. The highest BCUT2D eigenvalue weighted by atomic mass is 16.4. The highest BCUT2D eigenvalue weighted by molar-refractivity contribution is 5.92. The van der Waals surface area contributed by atoms with Crippen LogP contribution in [0.15, 0.2) is 0 Å². The monoisotopic (exact) mass is 387 g/mol. The van der Waals surface area contributed by atoms with Gasteiger partial charge in [0, 0.05) is 0 Å². The highest BCUT2D eigenvalue weighted by Gasteiger charge is 2.24. The van der Waals surface area contributed by atoms with Crippen molar-refractivity contribution in [2.24, 2.45) is 17.4 Å². The zero-order chi connectivity index (χ0) is 21.0. The summed E-state index contributed by atoms with van der Waals surface area (Å²) in [6.07, 6.45) is 2.21. The summed E-state index contributed by atoms with van der Waals surface area (Å²) in [5.74, 6) is -2.81. The molecule has 4 unspecified atom stereocenters. The molecular weight excluding hydrogens is 354 g/mol. The van der Waals surface area contributed by atoms with Crippen LogP contribution in [0, 0.1) is 5.92 Å². The largest absolute Gasteiger partial charge is 0.480 e. The number of rotatable bonds is 13. The summed E-state index contributed by atoms with van der Waals surface area (Å²) in [6, 6.07) is -2.63. The van der Waals surface area contributed by atoms with Crippen molar-refractivity contribution in [2.45, 2.75) is 64.6 Å². The minimum atomic E-state index is -1.15. The lowest BCUT2D eigenvalue weighted by atomic mass is 9.99. The Morgan fingerprint density at radius 2 is 1.67 bits per heavy atom. The lowest BCUT2D eigenvalue weighted by Gasteiger charge is -2.21. The number of carboxylic acid groups (broad SMARTS) is 1. The number of aliphatic carboxylic acids is 1. The van der Waals surface area contributed by atoms with Gasteiger partial charge in [-0.1, -0.05) is 20.3 Å². The van der Waals surface area contributed by atoms with E-state index in [9.17, 15) is 19.2 Å². The predicted octanol–water partition coefficient (Wildman–Crippen LogP) is -1.32. The second-order valence-electron chi connectivity index (χ2n) is 6.60. The van der Waals surface area contributed by atoms with Crippen molar-refractivity contribution in [3.63, 3.8) is 0 Å². The van der Waals surface area contributed by atoms with E-state index in [0.717, 1.165) is 6.42 Å². The molecule has 0 aromatic heterocycles. The molecule has 0 aliphatic carbocycles. The summed E-state index contributed by atoms with van der Waals surface area (Å²) >= 11 is 0. The van der Waals surface area contributed by atoms with Gasteiger partial charge in [0.15, 0.2) is 0 Å². The van der Waals surface area contributed by atoms with E-state index in [2.05, 4.69) is 16.0 Å². The Kier molecular flexibility index (Phi) is 12.0. The standard InChI is InChI=1S/C17H33N5O5/c1-4-10(2)14(19)16(25)21-11(3)15(24)20-9-13(23)22-12(17(26)27)7-5-6-8-18/h10-12,14H,4-9,18-19H2,1-3H3,(H,20,24)(H,21,25)(H,22,23)(H,26,27). The second kappa shape index (κ2) is 13.0. The molecule has 27 heavy (non-hydrogen) atoms. The molecule has 10 nitrogen and oxygen atoms in total. The first-order chi connectivity index (χ1) is 12.6. The number of hydrogen-bond donors (Lipinski definition) is 6. The molecule has 0 aliphatic heterocycles. The van der Waals surface area contributed by atoms with Gasteiger partial charge >= 0.3 is 5.97 Å². The number of nitrogens with one attached hydrogen (secondary N) is 3. The minimum Gasteiger partial charge on any atom is -0.480 e. The maximum Gasteiger partial charge on any atom is 0.326 e. The Labute approximate surface area is 159 Å². The third kappa shape index (κ3) is 9.90. The van der Waals surface area contributed by atoms with Crippen LogP contribution in [0.1, 0.15) is 46.5 Å². The summed E-state index contributed by atoms with van der Waals surface area (Å²) in [6.45, 7) is 5.28. The van der Waals surface area contributed by atoms with E-state index in [0.29, 0.717) is 19.4 Å². The number of carbonyl (C=O) groups excluding carboxylic acids is 3. The first-order valence-electron chi connectivity index (χ1n) is 9.19. The lowest BCUT2D eigenvalue weighted by Crippen LogP contribution is -2.53. The summed E-state index contributed by atoms with van der Waals surface area (Å²) in [5, 5.41) is 16.3. The Morgan fingerprint density at radius 3 is 2.19 bits per heavy atom. The third-order valence-electron chi connectivity index (χ3n) is 4.32. The molecule has 0 fully saturated rings. The summed E-state index contributed by atoms with van der Waals surface area (Å²) < 4.78 is 0. The summed E-state index contributed by atoms with van der Waals surface area (Å²) in [5.41, 5.74) is 11.2. The van der Waals surface area contributed by atoms with Crippen molar-refractivity contribution in [3.05, 3.63) is 0 Å². The van der Waals surface area contributed by atoms with Crippen LogP contribution in [0.2, 0.25) is 0 Å². The van der Waals surface area contributed by atoms with Gasteiger partial charge in [0.05, 0.1) is 12.6 Å². The summed E-state index contributed by atoms with van der Waals surface area (Å²) in [7, 11) is 0. The lowest BCUT2D eigenvalue weighted by molar-refractivity contribution is -0.142. The smallest absolute Gasteiger partial charge is 0.326 e. The molecule has 0 rings (SSSR count). The molecule has 0 saturated carbocycles. The SMILES string of the molecule is CCC(C)C(N)C(=O)NC(C)C(=O)NCC(=O)NC(CCCCN)C(=O)O. The van der Waals surface area contributed by atoms with Crippen LogP contribution < -0.4 is 27.4 Å². The Hall–Kier alpha value is -2.20. The second-order valence-corrected chi connectivity index (χ2v) is 6.60. The van der Waals surface area contributed by atoms with Gasteiger partial charge in [-0.15, -0.1) is 0 Å². The van der Waals surface area contributed by atoms with Crippen molar-refractivity contribution in [3.8, 4) is 0 Å². The summed E-state index contributed by atoms with van der Waals surface area (Å²) in [4.78, 5) is 47.0. The van der Waals surface area contributed by atoms with Gasteiger partial charge in [0.25, 0.3) is 0 Å². The van der Waals surface area contributed by atoms with E-state index in [1.165, 1.54) is 6.92 Å². The Bertz CT molecular complexity index is 514. The fourth-order valence-electron chi connectivity index (χ4n) is 2.20. The first-order valence-corrected chi connectivity index (χ1v) is 9.19. The van der Waals surface area contributed by atoms with Crippen LogP contribution in [0.5, 0.6) is 0 Å². The third-order valence-corrected chi connectivity index (χ3v) is 4.32. The minimum absolute atomic E-state index is 0.0294. The van der Waals surface area contributed by atoms with Gasteiger partial charge < -0.3 is 32.5 Å². The van der Waals surface area contributed by atoms with Gasteiger partial charge in [-0.2, -0.15) is 0 Å². The molecule has 0 spiro atoms. The topological polar surface area (TPSA) is 177 Å². The quantitative estimate of drug-likeness (QED) is 0.212. The van der Waals surface area contributed by atoms with Gasteiger partial charge in [-0.25, -0.2) is 4.79 Å². The van der Waals surface area contributed by atoms with Gasteiger partial charge in [-0.3, -0.25) is 14.4 Å². The number of unbranched alkanes of at least 4 members (excludes halogenated alkanes) is 1. The van der Waals surface area contributed by atoms with Crippen LogP contribution in [-0.4, -0.2) is 60.0 Å². The number of hydrogen-bond acceptors (Lipinski definition) is 6. The van der Waals surface area contributed by atoms with Crippen LogP contribution in [-0.2, 0) is 19.2 Å². The molecule has 3 amide bonds. The highest BCUT2D eigenvalue weighted by Crippen LogP contribution is 2.05. The van der Waals surface area contributed by atoms with E-state index in [4.69, 9.17) is 16.6 Å². The molecule has 8 N–H and O–H groups in total. The van der Waals surface area contributed by atoms with E-state index in [1.807, 2.05) is 13.8 Å². The zero-order valence-corrected chi connectivity index (χ0v) is 16.3. The van der Waals surface area contributed by atoms with Crippen LogP contribution >= 0.6 is 0 Å². The van der Waals surface area contributed by atoms with E-state index in [1.54, 1.807) is 0 Å². The molecule has 0 saturated heterocycles. The van der Waals surface area contributed by atoms with E-state index >= 15 is 0 Å². The number of amides is 3. The van der Waals surface area contributed by atoms with Crippen molar-refractivity contribution in [1.29, 1.82) is 0 Å². The number of nitrogens with two attached hydrogens (primary N) is 2. The Morgan fingerprint density at radius 1 is 1.04 bits per heavy atom. The van der Waals surface area contributed by atoms with Crippen LogP contribution in [0.4, 0.5) is 0 Å². The fourth-order valence-corrected chi connectivity index (χ4v) is 2.20. The van der Waals surface area contributed by atoms with Crippen molar-refractivity contribution in [1.82, 2.24) is 16.0 Å². The molecule has 0 aromatic carbocycles. The zero-order valence-electron chi connectivity index (χ0n) is 16.3. The normalized spacial score (nSPS) is 15.1. The predicted molar refractivity (Wildman–Crippen MR) is 101 cm³/mol. The van der Waals surface area contributed by atoms with Crippen molar-refractivity contribution in [2.75, 3.05) is 13.1 Å². The van der Waals surface area contributed by atoms with Crippen LogP contribution in [0.3, 0.4) is 0 Å². The molecular formula is C17H33N5O5. The van der Waals surface area contributed by atoms with E-state index in [-0.39, 0.29) is 12.3 Å². The molecule has 4 atom stereocenters. The first kappa shape index (κ1) is 24.8. The molecule has 0 radical (unpaired) electrons. The number of carbonyl (C=O) groups is 4. The average Bonchev–Trinajstić information content (AvgIpc) is 2.63. The molecule has 10 heteroatoms. The molecule has 0 aromatic rings. The van der Waals surface area contributed by atoms with E-state index < -0.39 is 48.4 Å². The van der Waals surface area contributed by atoms with Crippen molar-refractivity contribution < 1.29 is 24.3 Å². The Balaban J connectivity index is 4.39.